The van der Waals surface area contributed by atoms with E-state index in [0.29, 0.717) is 17.4 Å². The van der Waals surface area contributed by atoms with Gasteiger partial charge in [0.2, 0.25) is 5.91 Å². The number of nitrogens with zero attached hydrogens (tertiary/aromatic N) is 1. The molecule has 0 bridgehead atoms. The minimum absolute atomic E-state index is 0.0283. The highest BCUT2D eigenvalue weighted by molar-refractivity contribution is 7.47. The van der Waals surface area contributed by atoms with Gasteiger partial charge >= 0.3 is 13.8 Å². The summed E-state index contributed by atoms with van der Waals surface area (Å²) < 4.78 is 30.7. The van der Waals surface area contributed by atoms with Gasteiger partial charge in [-0.05, 0) is 115 Å². The van der Waals surface area contributed by atoms with E-state index >= 15 is 0 Å². The first kappa shape index (κ1) is 76.7. The molecule has 460 valence electrons. The van der Waals surface area contributed by atoms with Gasteiger partial charge in [-0.3, -0.25) is 18.6 Å². The molecule has 1 amide bonds. The van der Waals surface area contributed by atoms with Crippen molar-refractivity contribution in [1.82, 2.24) is 5.32 Å². The van der Waals surface area contributed by atoms with Gasteiger partial charge in [-0.25, -0.2) is 4.57 Å². The number of allylic oxidation sites excluding steroid dienone is 17. The summed E-state index contributed by atoms with van der Waals surface area (Å²) in [5, 5.41) is 3.04. The van der Waals surface area contributed by atoms with Gasteiger partial charge in [0, 0.05) is 12.8 Å². The van der Waals surface area contributed by atoms with E-state index < -0.39 is 20.0 Å². The Hall–Kier alpha value is -3.33. The van der Waals surface area contributed by atoms with Crippen LogP contribution in [-0.4, -0.2) is 74.3 Å². The number of hydrogen-bond acceptors (Lipinski definition) is 6. The van der Waals surface area contributed by atoms with Crippen molar-refractivity contribution < 1.29 is 37.3 Å². The highest BCUT2D eigenvalue weighted by Gasteiger charge is 2.30. The zero-order valence-electron chi connectivity index (χ0n) is 52.5. The lowest BCUT2D eigenvalue weighted by Gasteiger charge is -2.27. The minimum Gasteiger partial charge on any atom is -0.456 e. The zero-order chi connectivity index (χ0) is 58.6. The average molecular weight is 1140 g/mol. The molecule has 0 fully saturated rings. The van der Waals surface area contributed by atoms with E-state index in [-0.39, 0.29) is 37.9 Å². The molecule has 0 aliphatic carbocycles. The van der Waals surface area contributed by atoms with Crippen LogP contribution in [0.25, 0.3) is 0 Å². The molecule has 0 aliphatic rings. The van der Waals surface area contributed by atoms with E-state index in [4.69, 9.17) is 13.8 Å². The fourth-order valence-electron chi connectivity index (χ4n) is 8.91. The van der Waals surface area contributed by atoms with Crippen molar-refractivity contribution in [2.24, 2.45) is 0 Å². The van der Waals surface area contributed by atoms with Crippen molar-refractivity contribution in [3.8, 4) is 0 Å². The van der Waals surface area contributed by atoms with Crippen LogP contribution >= 0.6 is 7.82 Å². The molecule has 0 aromatic rings. The second kappa shape index (κ2) is 58.9. The second-order valence-corrected chi connectivity index (χ2v) is 24.4. The van der Waals surface area contributed by atoms with Gasteiger partial charge in [-0.1, -0.05) is 252 Å². The van der Waals surface area contributed by atoms with Crippen molar-refractivity contribution >= 4 is 19.7 Å². The number of carbonyl (C=O) groups excluding carboxylic acids is 2. The first-order valence-corrected chi connectivity index (χ1v) is 34.2. The Bertz CT molecular complexity index is 1740. The van der Waals surface area contributed by atoms with Crippen molar-refractivity contribution in [2.75, 3.05) is 40.9 Å². The Morgan fingerprint density at radius 2 is 0.800 bits per heavy atom. The Labute approximate surface area is 493 Å². The quantitative estimate of drug-likeness (QED) is 0.0205. The van der Waals surface area contributed by atoms with Crippen LogP contribution in [0, 0.1) is 0 Å². The standard InChI is InChI=1S/C70H123N2O7P/c1-7-10-13-16-19-22-25-27-29-31-32-33-34-35-36-37-38-39-40-41-43-45-48-51-54-57-60-63-70(74)79-68(61-58-55-52-49-46-24-21-18-15-12-9-3)67(66-78-80(75,76)77-65-64-72(4,5)6)71-69(73)62-59-56-53-50-47-44-42-30-28-26-23-20-17-14-11-8-2/h11,14,19-20,22-23,27-30,32-33,35-36,44,47,58,61,67-68H,7-10,12-13,15-18,21,24-26,31,34,37-43,45-46,48-57,59-60,62-66H2,1-6H3,(H-,71,73,75,76)/p+1/b14-11+,22-19-,23-20+,29-27-,30-28+,33-32-,36-35-,47-44+,61-58-. The number of likely N-dealkylation sites (N-methyl/N-ethyl adjacent to an activating group) is 1. The Kier molecular flexibility index (Phi) is 56.4. The number of esters is 1. The van der Waals surface area contributed by atoms with Crippen LogP contribution in [0.15, 0.2) is 109 Å². The van der Waals surface area contributed by atoms with Gasteiger partial charge < -0.3 is 19.4 Å². The van der Waals surface area contributed by atoms with Crippen LogP contribution in [0.4, 0.5) is 0 Å². The molecule has 0 radical (unpaired) electrons. The maximum absolute atomic E-state index is 13.5. The van der Waals surface area contributed by atoms with E-state index in [9.17, 15) is 19.0 Å². The SMILES string of the molecule is CC/C=C/C/C=C/C/C=C/C/C=C/CCCCCC(=O)NC(COP(=O)(O)OCC[N+](C)(C)C)C(/C=C\CCCCCCCCCCC)OC(=O)CCCCCCCCCCCCC/C=C\C/C=C\C/C=C\C/C=C\CCCCC. The first-order valence-electron chi connectivity index (χ1n) is 32.7. The van der Waals surface area contributed by atoms with E-state index in [2.05, 4.69) is 123 Å². The number of quaternary nitrogens is 1. The van der Waals surface area contributed by atoms with Crippen molar-refractivity contribution in [1.29, 1.82) is 0 Å². The van der Waals surface area contributed by atoms with E-state index in [1.807, 2.05) is 33.3 Å². The molecule has 0 saturated heterocycles. The lowest BCUT2D eigenvalue weighted by molar-refractivity contribution is -0.870. The van der Waals surface area contributed by atoms with Gasteiger partial charge in [0.25, 0.3) is 0 Å². The number of ether oxygens (including phenoxy) is 1. The van der Waals surface area contributed by atoms with Gasteiger partial charge in [-0.15, -0.1) is 0 Å². The molecule has 9 nitrogen and oxygen atoms in total. The minimum atomic E-state index is -4.46. The van der Waals surface area contributed by atoms with E-state index in [0.717, 1.165) is 103 Å². The number of nitrogens with one attached hydrogen (secondary N) is 1. The molecule has 0 spiro atoms. The smallest absolute Gasteiger partial charge is 0.456 e. The molecule has 0 rings (SSSR count). The number of phosphoric acid groups is 1. The zero-order valence-corrected chi connectivity index (χ0v) is 53.4. The second-order valence-electron chi connectivity index (χ2n) is 22.9. The van der Waals surface area contributed by atoms with Gasteiger partial charge in [-0.2, -0.15) is 0 Å². The number of hydrogen-bond donors (Lipinski definition) is 2. The topological polar surface area (TPSA) is 111 Å². The number of rotatable bonds is 58. The Morgan fingerprint density at radius 1 is 0.450 bits per heavy atom. The highest BCUT2D eigenvalue weighted by Crippen LogP contribution is 2.43. The summed E-state index contributed by atoms with van der Waals surface area (Å²) in [6, 6.07) is -0.872. The molecule has 0 aromatic carbocycles. The molecule has 3 atom stereocenters. The molecule has 0 heterocycles. The Balaban J connectivity index is 5.11. The van der Waals surface area contributed by atoms with Crippen molar-refractivity contribution in [2.45, 2.75) is 283 Å². The first-order chi connectivity index (χ1) is 38.9. The maximum Gasteiger partial charge on any atom is 0.472 e. The summed E-state index contributed by atoms with van der Waals surface area (Å²) in [7, 11) is 1.46. The highest BCUT2D eigenvalue weighted by atomic mass is 31.2. The largest absolute Gasteiger partial charge is 0.472 e. The van der Waals surface area contributed by atoms with Crippen LogP contribution in [-0.2, 0) is 27.9 Å². The third-order valence-electron chi connectivity index (χ3n) is 13.9. The van der Waals surface area contributed by atoms with E-state index in [1.165, 1.54) is 128 Å². The van der Waals surface area contributed by atoms with Crippen molar-refractivity contribution in [3.63, 3.8) is 0 Å². The summed E-state index contributed by atoms with van der Waals surface area (Å²) in [5.41, 5.74) is 0. The van der Waals surface area contributed by atoms with Crippen molar-refractivity contribution in [3.05, 3.63) is 109 Å². The van der Waals surface area contributed by atoms with Gasteiger partial charge in [0.1, 0.15) is 19.3 Å². The number of carbonyl (C=O) groups is 2. The molecule has 3 unspecified atom stereocenters. The summed E-state index contributed by atoms with van der Waals surface area (Å²) >= 11 is 0. The van der Waals surface area contributed by atoms with Crippen LogP contribution in [0.2, 0.25) is 0 Å². The normalized spacial score (nSPS) is 14.3. The summed E-state index contributed by atoms with van der Waals surface area (Å²) in [5.74, 6) is -0.549. The Morgan fingerprint density at radius 3 is 1.24 bits per heavy atom. The molecule has 80 heavy (non-hydrogen) atoms. The fraction of sp³-hybridized carbons (Fsp3) is 0.714. The lowest BCUT2D eigenvalue weighted by atomic mass is 10.0. The molecular formula is C70H124N2O7P+. The summed E-state index contributed by atoms with van der Waals surface area (Å²) in [6.45, 7) is 6.83. The summed E-state index contributed by atoms with van der Waals surface area (Å²) in [6.07, 6.45) is 81.0. The van der Waals surface area contributed by atoms with Crippen LogP contribution in [0.3, 0.4) is 0 Å². The number of amides is 1. The van der Waals surface area contributed by atoms with Gasteiger partial charge in [0.05, 0.1) is 33.8 Å². The van der Waals surface area contributed by atoms with Crippen LogP contribution in [0.1, 0.15) is 271 Å². The third-order valence-corrected chi connectivity index (χ3v) is 14.9. The van der Waals surface area contributed by atoms with E-state index in [1.54, 1.807) is 0 Å². The third kappa shape index (κ3) is 59.3. The maximum atomic E-state index is 13.5. The summed E-state index contributed by atoms with van der Waals surface area (Å²) in [4.78, 5) is 37.7. The lowest BCUT2D eigenvalue weighted by Crippen LogP contribution is -2.47. The molecule has 0 aromatic heterocycles. The predicted octanol–water partition coefficient (Wildman–Crippen LogP) is 20.5. The monoisotopic (exact) mass is 1140 g/mol. The van der Waals surface area contributed by atoms with Gasteiger partial charge in [0.15, 0.2) is 0 Å². The number of unbranched alkanes of at least 4 members (excludes halogenated alkanes) is 26. The molecule has 10 heteroatoms. The molecule has 0 saturated carbocycles. The molecular weight excluding hydrogens is 1010 g/mol. The molecule has 2 N–H and O–H groups in total. The average Bonchev–Trinajstić information content (AvgIpc) is 3.43. The van der Waals surface area contributed by atoms with Crippen LogP contribution < -0.4 is 5.32 Å². The fourth-order valence-corrected chi connectivity index (χ4v) is 9.65. The number of phosphoric ester groups is 1. The molecule has 0 aliphatic heterocycles. The predicted molar refractivity (Wildman–Crippen MR) is 346 cm³/mol. The van der Waals surface area contributed by atoms with Crippen LogP contribution in [0.5, 0.6) is 0 Å².